The molecule has 4 heteroatoms. The molecule has 0 fully saturated rings. The zero-order valence-electron chi connectivity index (χ0n) is 11.6. The highest BCUT2D eigenvalue weighted by atomic mass is 16.5. The molecule has 0 unspecified atom stereocenters. The maximum absolute atomic E-state index is 12.1. The van der Waals surface area contributed by atoms with E-state index in [-0.39, 0.29) is 12.0 Å². The van der Waals surface area contributed by atoms with Crippen molar-refractivity contribution < 1.29 is 9.53 Å². The van der Waals surface area contributed by atoms with Crippen LogP contribution in [0.25, 0.3) is 0 Å². The Morgan fingerprint density at radius 3 is 2.44 bits per heavy atom. The minimum absolute atomic E-state index is 0.0185. The zero-order chi connectivity index (χ0) is 13.5. The predicted octanol–water partition coefficient (Wildman–Crippen LogP) is 2.23. The molecule has 0 atom stereocenters. The molecule has 1 aromatic rings. The summed E-state index contributed by atoms with van der Waals surface area (Å²) in [5, 5.41) is 3.02. The van der Waals surface area contributed by atoms with Crippen LogP contribution < -0.4 is 5.32 Å². The summed E-state index contributed by atoms with van der Waals surface area (Å²) in [6, 6.07) is 7.44. The zero-order valence-corrected chi connectivity index (χ0v) is 11.6. The van der Waals surface area contributed by atoms with Gasteiger partial charge in [0.2, 0.25) is 0 Å². The number of ether oxygens (including phenoxy) is 1. The molecule has 0 aliphatic heterocycles. The average Bonchev–Trinajstić information content (AvgIpc) is 2.37. The maximum Gasteiger partial charge on any atom is 0.253 e. The van der Waals surface area contributed by atoms with Gasteiger partial charge in [-0.15, -0.1) is 0 Å². The van der Waals surface area contributed by atoms with E-state index in [1.54, 1.807) is 11.9 Å². The van der Waals surface area contributed by atoms with Gasteiger partial charge in [0.05, 0.1) is 12.7 Å². The van der Waals surface area contributed by atoms with E-state index < -0.39 is 0 Å². The fourth-order valence-electron chi connectivity index (χ4n) is 1.53. The molecule has 0 saturated carbocycles. The highest BCUT2D eigenvalue weighted by molar-refractivity contribution is 5.94. The molecule has 1 aromatic carbocycles. The minimum Gasteiger partial charge on any atom is -0.388 e. The first-order valence-corrected chi connectivity index (χ1v) is 6.19. The Hall–Kier alpha value is -1.55. The van der Waals surface area contributed by atoms with Gasteiger partial charge in [-0.1, -0.05) is 0 Å². The van der Waals surface area contributed by atoms with E-state index in [0.717, 1.165) is 5.69 Å². The van der Waals surface area contributed by atoms with E-state index in [0.29, 0.717) is 18.7 Å². The van der Waals surface area contributed by atoms with E-state index in [1.807, 2.05) is 45.2 Å². The van der Waals surface area contributed by atoms with Gasteiger partial charge in [0.25, 0.3) is 5.91 Å². The van der Waals surface area contributed by atoms with Crippen LogP contribution in [0.2, 0.25) is 0 Å². The predicted molar refractivity (Wildman–Crippen MR) is 74.0 cm³/mol. The van der Waals surface area contributed by atoms with Crippen molar-refractivity contribution in [3.8, 4) is 0 Å². The Labute approximate surface area is 109 Å². The first kappa shape index (κ1) is 14.5. The lowest BCUT2D eigenvalue weighted by Gasteiger charge is -2.18. The van der Waals surface area contributed by atoms with Gasteiger partial charge in [-0.25, -0.2) is 0 Å². The third-order valence-electron chi connectivity index (χ3n) is 2.65. The van der Waals surface area contributed by atoms with Crippen LogP contribution in [0.4, 0.5) is 5.69 Å². The number of hydrogen-bond donors (Lipinski definition) is 1. The van der Waals surface area contributed by atoms with Gasteiger partial charge < -0.3 is 15.0 Å². The van der Waals surface area contributed by atoms with Crippen LogP contribution in [0.1, 0.15) is 24.2 Å². The Morgan fingerprint density at radius 1 is 1.33 bits per heavy atom. The number of nitrogens with zero attached hydrogens (tertiary/aromatic N) is 1. The Bertz CT molecular complexity index is 374. The summed E-state index contributed by atoms with van der Waals surface area (Å²) in [6.45, 7) is 5.13. The minimum atomic E-state index is 0.0185. The third kappa shape index (κ3) is 4.37. The lowest BCUT2D eigenvalue weighted by Crippen LogP contribution is -2.30. The molecular formula is C14H22N2O2. The Kier molecular flexibility index (Phi) is 5.65. The molecule has 0 radical (unpaired) electrons. The first-order chi connectivity index (χ1) is 8.54. The fraction of sp³-hybridized carbons (Fsp3) is 0.500. The van der Waals surface area contributed by atoms with Crippen LogP contribution in [-0.2, 0) is 4.74 Å². The van der Waals surface area contributed by atoms with Gasteiger partial charge in [-0.2, -0.15) is 0 Å². The molecule has 1 rings (SSSR count). The quantitative estimate of drug-likeness (QED) is 0.841. The van der Waals surface area contributed by atoms with E-state index in [2.05, 4.69) is 5.32 Å². The highest BCUT2D eigenvalue weighted by Gasteiger charge is 2.11. The second kappa shape index (κ2) is 7.01. The second-order valence-electron chi connectivity index (χ2n) is 4.47. The van der Waals surface area contributed by atoms with Crippen LogP contribution >= 0.6 is 0 Å². The van der Waals surface area contributed by atoms with E-state index in [4.69, 9.17) is 4.74 Å². The SMILES string of the molecule is CNc1ccc(C(=O)N(C)CCOC(C)C)cc1. The number of benzene rings is 1. The number of anilines is 1. The molecule has 0 bridgehead atoms. The van der Waals surface area contributed by atoms with Crippen LogP contribution in [0, 0.1) is 0 Å². The van der Waals surface area contributed by atoms with Gasteiger partial charge in [0.15, 0.2) is 0 Å². The lowest BCUT2D eigenvalue weighted by atomic mass is 10.2. The molecule has 0 aliphatic carbocycles. The molecular weight excluding hydrogens is 228 g/mol. The number of amides is 1. The number of likely N-dealkylation sites (N-methyl/N-ethyl adjacent to an activating group) is 1. The van der Waals surface area contributed by atoms with E-state index in [9.17, 15) is 4.79 Å². The fourth-order valence-corrected chi connectivity index (χ4v) is 1.53. The first-order valence-electron chi connectivity index (χ1n) is 6.19. The van der Waals surface area contributed by atoms with Crippen molar-refractivity contribution in [3.63, 3.8) is 0 Å². The normalized spacial score (nSPS) is 10.5. The monoisotopic (exact) mass is 250 g/mol. The number of nitrogens with one attached hydrogen (secondary N) is 1. The standard InChI is InChI=1S/C14H22N2O2/c1-11(2)18-10-9-16(4)14(17)12-5-7-13(15-3)8-6-12/h5-8,11,15H,9-10H2,1-4H3. The second-order valence-corrected chi connectivity index (χ2v) is 4.47. The Morgan fingerprint density at radius 2 is 1.94 bits per heavy atom. The third-order valence-corrected chi connectivity index (χ3v) is 2.65. The summed E-state index contributed by atoms with van der Waals surface area (Å²) >= 11 is 0. The van der Waals surface area contributed by atoms with Crippen LogP contribution in [0.5, 0.6) is 0 Å². The summed E-state index contributed by atoms with van der Waals surface area (Å²) < 4.78 is 5.43. The van der Waals surface area contributed by atoms with Crippen LogP contribution in [0.3, 0.4) is 0 Å². The van der Waals surface area contributed by atoms with Crippen molar-refractivity contribution in [2.24, 2.45) is 0 Å². The van der Waals surface area contributed by atoms with Gasteiger partial charge in [0, 0.05) is 31.9 Å². The van der Waals surface area contributed by atoms with Crippen LogP contribution in [-0.4, -0.2) is 44.2 Å². The smallest absolute Gasteiger partial charge is 0.253 e. The number of hydrogen-bond acceptors (Lipinski definition) is 3. The molecule has 0 aromatic heterocycles. The molecule has 1 N–H and O–H groups in total. The molecule has 0 spiro atoms. The summed E-state index contributed by atoms with van der Waals surface area (Å²) in [7, 11) is 3.64. The Balaban J connectivity index is 2.51. The molecule has 1 amide bonds. The molecule has 0 heterocycles. The topological polar surface area (TPSA) is 41.6 Å². The molecule has 4 nitrogen and oxygen atoms in total. The number of carbonyl (C=O) groups excluding carboxylic acids is 1. The van der Waals surface area contributed by atoms with Crippen molar-refractivity contribution in [1.82, 2.24) is 4.90 Å². The van der Waals surface area contributed by atoms with Gasteiger partial charge >= 0.3 is 0 Å². The average molecular weight is 250 g/mol. The van der Waals surface area contributed by atoms with Crippen molar-refractivity contribution in [2.75, 3.05) is 32.6 Å². The van der Waals surface area contributed by atoms with E-state index in [1.165, 1.54) is 0 Å². The van der Waals surface area contributed by atoms with Gasteiger partial charge in [-0.3, -0.25) is 4.79 Å². The van der Waals surface area contributed by atoms with Crippen molar-refractivity contribution in [3.05, 3.63) is 29.8 Å². The number of rotatable bonds is 6. The molecule has 0 aliphatic rings. The van der Waals surface area contributed by atoms with Crippen molar-refractivity contribution in [2.45, 2.75) is 20.0 Å². The lowest BCUT2D eigenvalue weighted by molar-refractivity contribution is 0.0532. The molecule has 100 valence electrons. The largest absolute Gasteiger partial charge is 0.388 e. The van der Waals surface area contributed by atoms with Crippen LogP contribution in [0.15, 0.2) is 24.3 Å². The van der Waals surface area contributed by atoms with Crippen molar-refractivity contribution in [1.29, 1.82) is 0 Å². The summed E-state index contributed by atoms with van der Waals surface area (Å²) in [6.07, 6.45) is 0.198. The summed E-state index contributed by atoms with van der Waals surface area (Å²) in [5.41, 5.74) is 1.69. The van der Waals surface area contributed by atoms with Crippen molar-refractivity contribution >= 4 is 11.6 Å². The summed E-state index contributed by atoms with van der Waals surface area (Å²) in [5.74, 6) is 0.0185. The van der Waals surface area contributed by atoms with Gasteiger partial charge in [0.1, 0.15) is 0 Å². The molecule has 0 saturated heterocycles. The van der Waals surface area contributed by atoms with Gasteiger partial charge in [-0.05, 0) is 38.1 Å². The summed E-state index contributed by atoms with van der Waals surface area (Å²) in [4.78, 5) is 13.7. The number of carbonyl (C=O) groups is 1. The van der Waals surface area contributed by atoms with E-state index >= 15 is 0 Å². The highest BCUT2D eigenvalue weighted by Crippen LogP contribution is 2.10. The molecule has 18 heavy (non-hydrogen) atoms. The maximum atomic E-state index is 12.1.